The molecule has 4 heteroatoms. The lowest BCUT2D eigenvalue weighted by Gasteiger charge is -2.26. The van der Waals surface area contributed by atoms with Gasteiger partial charge in [-0.3, -0.25) is 4.68 Å². The maximum absolute atomic E-state index is 4.48. The number of aromatic nitrogens is 2. The molecule has 2 rings (SSSR count). The first kappa shape index (κ1) is 13.1. The minimum Gasteiger partial charge on any atom is -0.308 e. The van der Waals surface area contributed by atoms with Crippen LogP contribution in [0.1, 0.15) is 51.8 Å². The van der Waals surface area contributed by atoms with E-state index in [2.05, 4.69) is 51.8 Å². The number of nitrogens with zero attached hydrogens (tertiary/aromatic N) is 2. The Balaban J connectivity index is 2.31. The summed E-state index contributed by atoms with van der Waals surface area (Å²) in [5.41, 5.74) is 1.75. The van der Waals surface area contributed by atoms with Gasteiger partial charge in [-0.25, -0.2) is 0 Å². The second-order valence-corrected chi connectivity index (χ2v) is 6.10. The van der Waals surface area contributed by atoms with Gasteiger partial charge in [-0.1, -0.05) is 20.8 Å². The van der Waals surface area contributed by atoms with E-state index in [-0.39, 0.29) is 0 Å². The minimum absolute atomic E-state index is 0.421. The number of halogens is 1. The molecule has 0 amide bonds. The highest BCUT2D eigenvalue weighted by molar-refractivity contribution is 9.10. The zero-order valence-electron chi connectivity index (χ0n) is 11.0. The number of nitrogens with one attached hydrogen (secondary N) is 1. The Morgan fingerprint density at radius 2 is 2.24 bits per heavy atom. The number of rotatable bonds is 6. The van der Waals surface area contributed by atoms with Crippen molar-refractivity contribution in [2.24, 2.45) is 5.41 Å². The molecule has 1 heterocycles. The Hall–Kier alpha value is -0.350. The fraction of sp³-hybridized carbons (Fsp3) is 0.769. The summed E-state index contributed by atoms with van der Waals surface area (Å²) in [5.74, 6) is 0. The fourth-order valence-electron chi connectivity index (χ4n) is 2.41. The van der Waals surface area contributed by atoms with Gasteiger partial charge in [0.1, 0.15) is 0 Å². The van der Waals surface area contributed by atoms with Crippen molar-refractivity contribution >= 4 is 15.9 Å². The average molecular weight is 300 g/mol. The highest BCUT2D eigenvalue weighted by Crippen LogP contribution is 2.55. The predicted octanol–water partition coefficient (Wildman–Crippen LogP) is 3.51. The van der Waals surface area contributed by atoms with Gasteiger partial charge in [-0.05, 0) is 47.2 Å². The molecule has 3 nitrogen and oxygen atoms in total. The number of hydrogen-bond acceptors (Lipinski definition) is 2. The van der Waals surface area contributed by atoms with Crippen LogP contribution in [0.15, 0.2) is 10.7 Å². The van der Waals surface area contributed by atoms with Crippen LogP contribution >= 0.6 is 15.9 Å². The summed E-state index contributed by atoms with van der Waals surface area (Å²) >= 11 is 3.65. The normalized spacial score (nSPS) is 19.3. The topological polar surface area (TPSA) is 29.9 Å². The van der Waals surface area contributed by atoms with Crippen LogP contribution in [0.4, 0.5) is 0 Å². The Bertz CT molecular complexity index is 382. The molecule has 1 atom stereocenters. The quantitative estimate of drug-likeness (QED) is 0.871. The van der Waals surface area contributed by atoms with Gasteiger partial charge in [-0.2, -0.15) is 5.10 Å². The van der Waals surface area contributed by atoms with Crippen molar-refractivity contribution in [1.29, 1.82) is 0 Å². The molecule has 1 unspecified atom stereocenters. The van der Waals surface area contributed by atoms with E-state index in [0.717, 1.165) is 24.0 Å². The van der Waals surface area contributed by atoms with Gasteiger partial charge in [0.25, 0.3) is 0 Å². The Morgan fingerprint density at radius 3 is 2.76 bits per heavy atom. The maximum Gasteiger partial charge on any atom is 0.0701 e. The molecule has 1 aliphatic rings. The third-order valence-corrected chi connectivity index (χ3v) is 4.30. The lowest BCUT2D eigenvalue weighted by Crippen LogP contribution is -2.30. The first-order valence-electron chi connectivity index (χ1n) is 6.57. The molecule has 0 aliphatic heterocycles. The largest absolute Gasteiger partial charge is 0.308 e. The van der Waals surface area contributed by atoms with Crippen LogP contribution in [0, 0.1) is 5.41 Å². The summed E-state index contributed by atoms with van der Waals surface area (Å²) < 4.78 is 3.30. The SMILES string of the molecule is CCCn1ncc(Br)c1C(NCC)C1(C)CC1. The van der Waals surface area contributed by atoms with E-state index >= 15 is 0 Å². The molecular weight excluding hydrogens is 278 g/mol. The van der Waals surface area contributed by atoms with Crippen LogP contribution in [-0.4, -0.2) is 16.3 Å². The van der Waals surface area contributed by atoms with Crippen molar-refractivity contribution in [1.82, 2.24) is 15.1 Å². The Morgan fingerprint density at radius 1 is 1.53 bits per heavy atom. The van der Waals surface area contributed by atoms with Crippen LogP contribution < -0.4 is 5.32 Å². The van der Waals surface area contributed by atoms with Crippen LogP contribution in [0.2, 0.25) is 0 Å². The smallest absolute Gasteiger partial charge is 0.0701 e. The molecule has 0 bridgehead atoms. The van der Waals surface area contributed by atoms with Crippen molar-refractivity contribution in [2.45, 2.75) is 52.6 Å². The lowest BCUT2D eigenvalue weighted by atomic mass is 9.95. The summed E-state index contributed by atoms with van der Waals surface area (Å²) in [5, 5.41) is 8.12. The molecule has 96 valence electrons. The van der Waals surface area contributed by atoms with Crippen LogP contribution in [0.25, 0.3) is 0 Å². The average Bonchev–Trinajstić information content (AvgIpc) is 2.94. The summed E-state index contributed by atoms with van der Waals surface area (Å²) in [6.07, 6.45) is 5.68. The second kappa shape index (κ2) is 5.11. The highest BCUT2D eigenvalue weighted by atomic mass is 79.9. The molecule has 1 saturated carbocycles. The van der Waals surface area contributed by atoms with E-state index in [1.807, 2.05) is 6.20 Å². The molecule has 0 saturated heterocycles. The third kappa shape index (κ3) is 2.58. The zero-order chi connectivity index (χ0) is 12.5. The molecule has 0 radical (unpaired) electrons. The molecular formula is C13H22BrN3. The van der Waals surface area contributed by atoms with E-state index in [9.17, 15) is 0 Å². The van der Waals surface area contributed by atoms with E-state index in [1.54, 1.807) is 0 Å². The predicted molar refractivity (Wildman–Crippen MR) is 74.0 cm³/mol. The summed E-state index contributed by atoms with van der Waals surface area (Å²) in [7, 11) is 0. The zero-order valence-corrected chi connectivity index (χ0v) is 12.5. The van der Waals surface area contributed by atoms with E-state index in [1.165, 1.54) is 18.5 Å². The van der Waals surface area contributed by atoms with Crippen molar-refractivity contribution in [3.63, 3.8) is 0 Å². The Labute approximate surface area is 112 Å². The van der Waals surface area contributed by atoms with Crippen LogP contribution in [0.5, 0.6) is 0 Å². The third-order valence-electron chi connectivity index (χ3n) is 3.69. The van der Waals surface area contributed by atoms with Crippen molar-refractivity contribution in [3.8, 4) is 0 Å². The minimum atomic E-state index is 0.421. The fourth-order valence-corrected chi connectivity index (χ4v) is 2.94. The van der Waals surface area contributed by atoms with Gasteiger partial charge in [0.05, 0.1) is 22.4 Å². The van der Waals surface area contributed by atoms with Crippen molar-refractivity contribution < 1.29 is 0 Å². The first-order chi connectivity index (χ1) is 8.12. The molecule has 1 fully saturated rings. The molecule has 0 spiro atoms. The molecule has 1 aromatic heterocycles. The summed E-state index contributed by atoms with van der Waals surface area (Å²) in [6.45, 7) is 8.74. The van der Waals surface area contributed by atoms with Gasteiger partial charge < -0.3 is 5.32 Å². The van der Waals surface area contributed by atoms with Gasteiger partial charge in [0.2, 0.25) is 0 Å². The number of hydrogen-bond donors (Lipinski definition) is 1. The van der Waals surface area contributed by atoms with Crippen molar-refractivity contribution in [2.75, 3.05) is 6.54 Å². The summed E-state index contributed by atoms with van der Waals surface area (Å²) in [6, 6.07) is 0.427. The van der Waals surface area contributed by atoms with Crippen LogP contribution in [0.3, 0.4) is 0 Å². The molecule has 0 aromatic carbocycles. The van der Waals surface area contributed by atoms with Gasteiger partial charge >= 0.3 is 0 Å². The molecule has 1 aliphatic carbocycles. The summed E-state index contributed by atoms with van der Waals surface area (Å²) in [4.78, 5) is 0. The van der Waals surface area contributed by atoms with E-state index in [0.29, 0.717) is 11.5 Å². The first-order valence-corrected chi connectivity index (χ1v) is 7.36. The van der Waals surface area contributed by atoms with E-state index < -0.39 is 0 Å². The molecule has 17 heavy (non-hydrogen) atoms. The molecule has 1 aromatic rings. The van der Waals surface area contributed by atoms with Crippen molar-refractivity contribution in [3.05, 3.63) is 16.4 Å². The van der Waals surface area contributed by atoms with Gasteiger partial charge in [-0.15, -0.1) is 0 Å². The second-order valence-electron chi connectivity index (χ2n) is 5.25. The number of aryl methyl sites for hydroxylation is 1. The monoisotopic (exact) mass is 299 g/mol. The standard InChI is InChI=1S/C13H22BrN3/c1-4-8-17-11(10(14)9-16-17)12(15-5-2)13(3)6-7-13/h9,12,15H,4-8H2,1-3H3. The molecule has 1 N–H and O–H groups in total. The van der Waals surface area contributed by atoms with Crippen LogP contribution in [-0.2, 0) is 6.54 Å². The van der Waals surface area contributed by atoms with Gasteiger partial charge in [0, 0.05) is 6.54 Å². The maximum atomic E-state index is 4.48. The van der Waals surface area contributed by atoms with E-state index in [4.69, 9.17) is 0 Å². The Kier molecular flexibility index (Phi) is 3.93. The van der Waals surface area contributed by atoms with Gasteiger partial charge in [0.15, 0.2) is 0 Å². The lowest BCUT2D eigenvalue weighted by molar-refractivity contribution is 0.346. The highest BCUT2D eigenvalue weighted by Gasteiger charge is 2.47.